The molecule has 1 aliphatic rings. The van der Waals surface area contributed by atoms with Crippen LogP contribution in [0, 0.1) is 5.82 Å². The summed E-state index contributed by atoms with van der Waals surface area (Å²) < 4.78 is 39.9. The van der Waals surface area contributed by atoms with Gasteiger partial charge < -0.3 is 24.1 Å². The summed E-state index contributed by atoms with van der Waals surface area (Å²) in [6, 6.07) is 30.3. The average Bonchev–Trinajstić information content (AvgIpc) is 3.05. The number of thiol groups is 1. The first kappa shape index (κ1) is 33.9. The molecule has 0 spiro atoms. The van der Waals surface area contributed by atoms with E-state index in [2.05, 4.69) is 9.24 Å². The molecule has 0 radical (unpaired) electrons. The summed E-state index contributed by atoms with van der Waals surface area (Å²) in [4.78, 5) is -1.22. The summed E-state index contributed by atoms with van der Waals surface area (Å²) in [6.45, 7) is 4.34. The molecule has 0 amide bonds. The third-order valence-corrected chi connectivity index (χ3v) is 10.3. The highest BCUT2D eigenvalue weighted by Crippen LogP contribution is 2.51. The van der Waals surface area contributed by atoms with Crippen LogP contribution in [0.2, 0.25) is 5.02 Å². The fourth-order valence-electron chi connectivity index (χ4n) is 5.68. The fraction of sp³-hybridized carbons (Fsp3) is 0.333. The van der Waals surface area contributed by atoms with Crippen molar-refractivity contribution >= 4 is 33.5 Å². The number of rotatable bonds is 12. The first-order valence-corrected chi connectivity index (χ1v) is 16.5. The Hall–Kier alpha value is -2.48. The monoisotopic (exact) mass is 668 g/mol. The summed E-state index contributed by atoms with van der Waals surface area (Å²) in [5, 5.41) is 11.3. The molecule has 1 saturated heterocycles. The topological polar surface area (TPSA) is 57.2 Å². The molecule has 45 heavy (non-hydrogen) atoms. The molecule has 0 aliphatic carbocycles. The SMILES string of the molecule is CCOc1ccc(Cc2cc(C3(S)OC(C)(CO)C(OCc4ccccc4)C(OCc4ccccc4)C3P)ccc2Cl)cc1F. The van der Waals surface area contributed by atoms with Gasteiger partial charge in [0.2, 0.25) is 0 Å². The van der Waals surface area contributed by atoms with Crippen LogP contribution in [0.5, 0.6) is 5.75 Å². The van der Waals surface area contributed by atoms with Gasteiger partial charge in [-0.1, -0.05) is 90.5 Å². The Labute approximate surface area is 277 Å². The van der Waals surface area contributed by atoms with Gasteiger partial charge in [-0.15, -0.1) is 21.9 Å². The number of hydrogen-bond donors (Lipinski definition) is 2. The molecule has 1 fully saturated rings. The molecule has 5 nitrogen and oxygen atoms in total. The highest BCUT2D eigenvalue weighted by atomic mass is 35.5. The van der Waals surface area contributed by atoms with Crippen LogP contribution in [0.4, 0.5) is 4.39 Å². The van der Waals surface area contributed by atoms with Crippen molar-refractivity contribution in [1.82, 2.24) is 0 Å². The minimum Gasteiger partial charge on any atom is -0.491 e. The van der Waals surface area contributed by atoms with Crippen molar-refractivity contribution < 1.29 is 28.4 Å². The lowest BCUT2D eigenvalue weighted by Gasteiger charge is -2.54. The number of ether oxygens (including phenoxy) is 4. The van der Waals surface area contributed by atoms with Crippen molar-refractivity contribution in [3.8, 4) is 5.75 Å². The van der Waals surface area contributed by atoms with Gasteiger partial charge in [-0.2, -0.15) is 0 Å². The third kappa shape index (κ3) is 7.74. The average molecular weight is 669 g/mol. The molecule has 0 bridgehead atoms. The van der Waals surface area contributed by atoms with E-state index in [1.54, 1.807) is 12.1 Å². The zero-order chi connectivity index (χ0) is 32.0. The Kier molecular flexibility index (Phi) is 11.3. The minimum absolute atomic E-state index is 0.214. The van der Waals surface area contributed by atoms with Gasteiger partial charge in [-0.25, -0.2) is 4.39 Å². The molecular formula is C36H39ClFO5PS. The molecule has 6 atom stereocenters. The molecule has 1 N–H and O–H groups in total. The molecular weight excluding hydrogens is 630 g/mol. The Balaban J connectivity index is 1.48. The second-order valence-corrected chi connectivity index (χ2v) is 13.2. The largest absolute Gasteiger partial charge is 0.491 e. The van der Waals surface area contributed by atoms with Crippen LogP contribution in [-0.4, -0.2) is 41.8 Å². The van der Waals surface area contributed by atoms with E-state index in [-0.39, 0.29) is 12.4 Å². The molecule has 0 saturated carbocycles. The lowest BCUT2D eigenvalue weighted by atomic mass is 9.84. The van der Waals surface area contributed by atoms with Gasteiger partial charge >= 0.3 is 0 Å². The number of aliphatic hydroxyl groups excluding tert-OH is 1. The number of aliphatic hydroxyl groups is 1. The van der Waals surface area contributed by atoms with E-state index < -0.39 is 34.2 Å². The van der Waals surface area contributed by atoms with E-state index in [0.717, 1.165) is 27.8 Å². The van der Waals surface area contributed by atoms with E-state index >= 15 is 0 Å². The Morgan fingerprint density at radius 1 is 0.911 bits per heavy atom. The molecule has 5 rings (SSSR count). The van der Waals surface area contributed by atoms with Crippen LogP contribution in [0.1, 0.15) is 41.7 Å². The van der Waals surface area contributed by atoms with Crippen molar-refractivity contribution in [3.63, 3.8) is 0 Å². The van der Waals surface area contributed by atoms with Crippen molar-refractivity contribution in [2.24, 2.45) is 0 Å². The van der Waals surface area contributed by atoms with Gasteiger partial charge in [0.1, 0.15) is 16.6 Å². The molecule has 1 heterocycles. The summed E-state index contributed by atoms with van der Waals surface area (Å²) in [5.74, 6) is -0.211. The first-order chi connectivity index (χ1) is 21.7. The summed E-state index contributed by atoms with van der Waals surface area (Å²) >= 11 is 11.8. The first-order valence-electron chi connectivity index (χ1n) is 15.0. The third-order valence-electron chi connectivity index (χ3n) is 8.12. The quantitative estimate of drug-likeness (QED) is 0.120. The predicted octanol–water partition coefficient (Wildman–Crippen LogP) is 7.75. The normalized spacial score (nSPS) is 24.8. The number of benzene rings is 4. The smallest absolute Gasteiger partial charge is 0.165 e. The second kappa shape index (κ2) is 15.0. The van der Waals surface area contributed by atoms with E-state index in [0.29, 0.717) is 31.3 Å². The standard InChI is InChI=1S/C36H39ClFO5PS/c1-3-40-31-17-14-26(19-30(31)38)18-27-20-28(15-16-29(27)37)36(45)34(44)32(41-21-24-10-6-4-7-11-24)33(35(2,23-39)43-36)42-22-25-12-8-5-9-13-25/h4-17,19-20,32-34,39,45H,3,18,21-23,44H2,1-2H3. The lowest BCUT2D eigenvalue weighted by molar-refractivity contribution is -0.268. The van der Waals surface area contributed by atoms with E-state index in [4.69, 9.17) is 43.2 Å². The van der Waals surface area contributed by atoms with Crippen LogP contribution in [0.3, 0.4) is 0 Å². The van der Waals surface area contributed by atoms with Crippen LogP contribution in [0.15, 0.2) is 97.1 Å². The molecule has 238 valence electrons. The molecule has 1 aliphatic heterocycles. The maximum atomic E-state index is 14.7. The summed E-state index contributed by atoms with van der Waals surface area (Å²) in [6.07, 6.45) is -0.787. The fourth-order valence-corrected chi connectivity index (χ4v) is 6.93. The Bertz CT molecular complexity index is 1560. The van der Waals surface area contributed by atoms with Gasteiger partial charge in [0.25, 0.3) is 0 Å². The van der Waals surface area contributed by atoms with Crippen LogP contribution >= 0.6 is 33.5 Å². The number of hydrogen-bond acceptors (Lipinski definition) is 6. The van der Waals surface area contributed by atoms with Gasteiger partial charge in [-0.05, 0) is 66.3 Å². The molecule has 4 aromatic carbocycles. The zero-order valence-corrected chi connectivity index (χ0v) is 28.2. The van der Waals surface area contributed by atoms with Crippen molar-refractivity contribution in [2.75, 3.05) is 13.2 Å². The molecule has 6 unspecified atom stereocenters. The second-order valence-electron chi connectivity index (χ2n) is 11.5. The Morgan fingerprint density at radius 3 is 2.16 bits per heavy atom. The summed E-state index contributed by atoms with van der Waals surface area (Å²) in [5.41, 5.74) is 2.66. The maximum absolute atomic E-state index is 14.7. The van der Waals surface area contributed by atoms with E-state index in [9.17, 15) is 9.50 Å². The van der Waals surface area contributed by atoms with E-state index in [1.165, 1.54) is 6.07 Å². The van der Waals surface area contributed by atoms with Gasteiger partial charge in [0, 0.05) is 10.7 Å². The van der Waals surface area contributed by atoms with Crippen LogP contribution < -0.4 is 4.74 Å². The molecule has 4 aromatic rings. The minimum atomic E-state index is -1.22. The van der Waals surface area contributed by atoms with Gasteiger partial charge in [-0.3, -0.25) is 0 Å². The molecule has 9 heteroatoms. The van der Waals surface area contributed by atoms with Crippen molar-refractivity contribution in [2.45, 2.75) is 61.9 Å². The van der Waals surface area contributed by atoms with Crippen LogP contribution in [0.25, 0.3) is 0 Å². The van der Waals surface area contributed by atoms with Crippen molar-refractivity contribution in [1.29, 1.82) is 0 Å². The van der Waals surface area contributed by atoms with E-state index in [1.807, 2.05) is 92.7 Å². The predicted molar refractivity (Wildman–Crippen MR) is 183 cm³/mol. The van der Waals surface area contributed by atoms with Crippen LogP contribution in [-0.2, 0) is 38.8 Å². The van der Waals surface area contributed by atoms with Gasteiger partial charge in [0.15, 0.2) is 11.6 Å². The maximum Gasteiger partial charge on any atom is 0.165 e. The lowest BCUT2D eigenvalue weighted by Crippen LogP contribution is -2.66. The highest BCUT2D eigenvalue weighted by molar-refractivity contribution is 7.81. The van der Waals surface area contributed by atoms with Gasteiger partial charge in [0.05, 0.1) is 32.5 Å². The highest BCUT2D eigenvalue weighted by Gasteiger charge is 2.58. The van der Waals surface area contributed by atoms with Crippen molar-refractivity contribution in [3.05, 3.63) is 136 Å². The molecule has 0 aromatic heterocycles. The summed E-state index contributed by atoms with van der Waals surface area (Å²) in [7, 11) is 2.85. The zero-order valence-electron chi connectivity index (χ0n) is 25.4. The Morgan fingerprint density at radius 2 is 1.56 bits per heavy atom. The number of halogens is 2.